The zero-order chi connectivity index (χ0) is 15.2. The van der Waals surface area contributed by atoms with Crippen LogP contribution in [0.4, 0.5) is 0 Å². The second-order valence-corrected chi connectivity index (χ2v) is 5.48. The van der Waals surface area contributed by atoms with Crippen molar-refractivity contribution in [2.45, 2.75) is 6.54 Å². The van der Waals surface area contributed by atoms with Crippen LogP contribution in [0.5, 0.6) is 5.75 Å². The Morgan fingerprint density at radius 1 is 1.05 bits per heavy atom. The van der Waals surface area contributed by atoms with Gasteiger partial charge in [0.05, 0.1) is 5.02 Å². The SMILES string of the molecule is O=C(COc1ccc(Cl)cc1Cl)NCc1ccccc1Cl. The Balaban J connectivity index is 1.84. The van der Waals surface area contributed by atoms with Crippen LogP contribution in [0.15, 0.2) is 42.5 Å². The van der Waals surface area contributed by atoms with Gasteiger partial charge in [0.1, 0.15) is 5.75 Å². The lowest BCUT2D eigenvalue weighted by Crippen LogP contribution is -2.28. The molecular weight excluding hydrogens is 333 g/mol. The first-order chi connectivity index (χ1) is 10.1. The fraction of sp³-hybridized carbons (Fsp3) is 0.133. The summed E-state index contributed by atoms with van der Waals surface area (Å²) < 4.78 is 5.34. The van der Waals surface area contributed by atoms with Gasteiger partial charge in [-0.05, 0) is 29.8 Å². The van der Waals surface area contributed by atoms with Crippen molar-refractivity contribution in [3.63, 3.8) is 0 Å². The summed E-state index contributed by atoms with van der Waals surface area (Å²) in [4.78, 5) is 11.7. The van der Waals surface area contributed by atoms with Gasteiger partial charge >= 0.3 is 0 Å². The number of hydrogen-bond acceptors (Lipinski definition) is 2. The van der Waals surface area contributed by atoms with E-state index in [9.17, 15) is 4.79 Å². The molecule has 2 aromatic rings. The van der Waals surface area contributed by atoms with Crippen LogP contribution < -0.4 is 10.1 Å². The quantitative estimate of drug-likeness (QED) is 0.876. The van der Waals surface area contributed by atoms with E-state index in [1.165, 1.54) is 0 Å². The molecule has 1 amide bonds. The third-order valence-corrected chi connectivity index (χ3v) is 3.59. The van der Waals surface area contributed by atoms with Crippen molar-refractivity contribution in [1.82, 2.24) is 5.32 Å². The Morgan fingerprint density at radius 3 is 2.52 bits per heavy atom. The highest BCUT2D eigenvalue weighted by atomic mass is 35.5. The maximum atomic E-state index is 11.7. The molecule has 0 aromatic heterocycles. The molecule has 0 radical (unpaired) electrons. The minimum absolute atomic E-state index is 0.133. The molecule has 0 saturated carbocycles. The highest BCUT2D eigenvalue weighted by molar-refractivity contribution is 6.35. The van der Waals surface area contributed by atoms with Gasteiger partial charge in [0.15, 0.2) is 6.61 Å². The third kappa shape index (κ3) is 4.81. The van der Waals surface area contributed by atoms with Gasteiger partial charge in [-0.3, -0.25) is 4.79 Å². The molecule has 0 heterocycles. The van der Waals surface area contributed by atoms with Crippen LogP contribution in [0, 0.1) is 0 Å². The number of hydrogen-bond donors (Lipinski definition) is 1. The summed E-state index contributed by atoms with van der Waals surface area (Å²) in [6, 6.07) is 12.1. The predicted molar refractivity (Wildman–Crippen MR) is 85.3 cm³/mol. The maximum Gasteiger partial charge on any atom is 0.258 e. The Morgan fingerprint density at radius 2 is 1.81 bits per heavy atom. The summed E-state index contributed by atoms with van der Waals surface area (Å²) in [5.41, 5.74) is 0.844. The lowest BCUT2D eigenvalue weighted by Gasteiger charge is -2.09. The van der Waals surface area contributed by atoms with Crippen molar-refractivity contribution in [1.29, 1.82) is 0 Å². The largest absolute Gasteiger partial charge is 0.482 e. The van der Waals surface area contributed by atoms with Gasteiger partial charge in [0, 0.05) is 16.6 Å². The molecule has 0 unspecified atom stereocenters. The van der Waals surface area contributed by atoms with Crippen LogP contribution in [0.2, 0.25) is 15.1 Å². The monoisotopic (exact) mass is 343 g/mol. The zero-order valence-corrected chi connectivity index (χ0v) is 13.2. The number of halogens is 3. The maximum absolute atomic E-state index is 11.7. The van der Waals surface area contributed by atoms with Gasteiger partial charge in [0.25, 0.3) is 5.91 Å². The number of nitrogens with one attached hydrogen (secondary N) is 1. The predicted octanol–water partition coefficient (Wildman–Crippen LogP) is 4.34. The van der Waals surface area contributed by atoms with Crippen molar-refractivity contribution in [2.75, 3.05) is 6.61 Å². The van der Waals surface area contributed by atoms with Crippen LogP contribution in [0.3, 0.4) is 0 Å². The average molecular weight is 345 g/mol. The van der Waals surface area contributed by atoms with Crippen molar-refractivity contribution >= 4 is 40.7 Å². The Labute approximate surface area is 137 Å². The molecule has 3 nitrogen and oxygen atoms in total. The van der Waals surface area contributed by atoms with Crippen LogP contribution in [-0.2, 0) is 11.3 Å². The molecule has 6 heteroatoms. The molecular formula is C15H12Cl3NO2. The van der Waals surface area contributed by atoms with Crippen molar-refractivity contribution in [3.05, 3.63) is 63.1 Å². The van der Waals surface area contributed by atoms with Crippen molar-refractivity contribution < 1.29 is 9.53 Å². The number of ether oxygens (including phenoxy) is 1. The Hall–Kier alpha value is -1.42. The molecule has 0 aliphatic carbocycles. The van der Waals surface area contributed by atoms with Gasteiger partial charge in [-0.1, -0.05) is 53.0 Å². The van der Waals surface area contributed by atoms with E-state index >= 15 is 0 Å². The van der Waals surface area contributed by atoms with Crippen molar-refractivity contribution in [2.24, 2.45) is 0 Å². The summed E-state index contributed by atoms with van der Waals surface area (Å²) in [5, 5.41) is 4.21. The zero-order valence-electron chi connectivity index (χ0n) is 10.9. The van der Waals surface area contributed by atoms with Gasteiger partial charge in [0.2, 0.25) is 0 Å². The highest BCUT2D eigenvalue weighted by Crippen LogP contribution is 2.27. The molecule has 1 N–H and O–H groups in total. The minimum atomic E-state index is -0.263. The average Bonchev–Trinajstić information content (AvgIpc) is 2.45. The van der Waals surface area contributed by atoms with E-state index in [1.54, 1.807) is 24.3 Å². The van der Waals surface area contributed by atoms with E-state index in [-0.39, 0.29) is 12.5 Å². The smallest absolute Gasteiger partial charge is 0.258 e. The van der Waals surface area contributed by atoms with Crippen LogP contribution in [0.25, 0.3) is 0 Å². The van der Waals surface area contributed by atoms with E-state index in [0.717, 1.165) is 5.56 Å². The molecule has 0 fully saturated rings. The second-order valence-electron chi connectivity index (χ2n) is 4.23. The molecule has 0 aliphatic rings. The molecule has 0 aliphatic heterocycles. The third-order valence-electron chi connectivity index (χ3n) is 2.69. The normalized spacial score (nSPS) is 10.2. The first-order valence-electron chi connectivity index (χ1n) is 6.14. The van der Waals surface area contributed by atoms with E-state index in [1.807, 2.05) is 18.2 Å². The molecule has 2 rings (SSSR count). The number of rotatable bonds is 5. The standard InChI is InChI=1S/C15H12Cl3NO2/c16-11-5-6-14(13(18)7-11)21-9-15(20)19-8-10-3-1-2-4-12(10)17/h1-7H,8-9H2,(H,19,20). The van der Waals surface area contributed by atoms with Crippen LogP contribution in [0.1, 0.15) is 5.56 Å². The summed E-state index contributed by atoms with van der Waals surface area (Å²) in [6.07, 6.45) is 0. The molecule has 21 heavy (non-hydrogen) atoms. The molecule has 2 aromatic carbocycles. The van der Waals surface area contributed by atoms with Gasteiger partial charge in [-0.15, -0.1) is 0 Å². The van der Waals surface area contributed by atoms with E-state index in [2.05, 4.69) is 5.32 Å². The van der Waals surface area contributed by atoms with E-state index in [4.69, 9.17) is 39.5 Å². The lowest BCUT2D eigenvalue weighted by molar-refractivity contribution is -0.123. The number of carbonyl (C=O) groups excluding carboxylic acids is 1. The number of carbonyl (C=O) groups is 1. The molecule has 0 saturated heterocycles. The summed E-state index contributed by atoms with van der Waals surface area (Å²) in [7, 11) is 0. The number of benzene rings is 2. The minimum Gasteiger partial charge on any atom is -0.482 e. The van der Waals surface area contributed by atoms with Gasteiger partial charge in [-0.2, -0.15) is 0 Å². The molecule has 0 spiro atoms. The first-order valence-corrected chi connectivity index (χ1v) is 7.27. The Kier molecular flexibility index (Phi) is 5.74. The van der Waals surface area contributed by atoms with Crippen LogP contribution in [-0.4, -0.2) is 12.5 Å². The fourth-order valence-electron chi connectivity index (χ4n) is 1.62. The highest BCUT2D eigenvalue weighted by Gasteiger charge is 2.07. The summed E-state index contributed by atoms with van der Waals surface area (Å²) in [6.45, 7) is 0.210. The number of amides is 1. The van der Waals surface area contributed by atoms with E-state index in [0.29, 0.717) is 27.4 Å². The fourth-order valence-corrected chi connectivity index (χ4v) is 2.29. The van der Waals surface area contributed by atoms with Gasteiger partial charge in [-0.25, -0.2) is 0 Å². The molecule has 0 bridgehead atoms. The summed E-state index contributed by atoms with van der Waals surface area (Å²) >= 11 is 17.7. The lowest BCUT2D eigenvalue weighted by atomic mass is 10.2. The second kappa shape index (κ2) is 7.55. The molecule has 110 valence electrons. The van der Waals surface area contributed by atoms with Crippen molar-refractivity contribution in [3.8, 4) is 5.75 Å². The summed E-state index contributed by atoms with van der Waals surface area (Å²) in [5.74, 6) is 0.148. The van der Waals surface area contributed by atoms with Gasteiger partial charge < -0.3 is 10.1 Å². The van der Waals surface area contributed by atoms with Crippen LogP contribution >= 0.6 is 34.8 Å². The molecule has 0 atom stereocenters. The van der Waals surface area contributed by atoms with E-state index < -0.39 is 0 Å². The first kappa shape index (κ1) is 16.0. The topological polar surface area (TPSA) is 38.3 Å². The Bertz CT molecular complexity index is 647.